The topological polar surface area (TPSA) is 70.8 Å². The first-order chi connectivity index (χ1) is 20.5. The molecule has 0 spiro atoms. The zero-order chi connectivity index (χ0) is 29.5. The van der Waals surface area contributed by atoms with E-state index in [2.05, 4.69) is 68.4 Å². The number of nitrogens with zero attached hydrogens (tertiary/aromatic N) is 2. The highest BCUT2D eigenvalue weighted by Crippen LogP contribution is 2.49. The van der Waals surface area contributed by atoms with E-state index in [1.54, 1.807) is 23.5 Å². The zero-order valence-electron chi connectivity index (χ0n) is 23.6. The van der Waals surface area contributed by atoms with Crippen LogP contribution in [-0.2, 0) is 4.74 Å². The Kier molecular flexibility index (Phi) is 12.2. The van der Waals surface area contributed by atoms with Gasteiger partial charge in [-0.25, -0.2) is 4.79 Å². The molecule has 11 heteroatoms. The summed E-state index contributed by atoms with van der Waals surface area (Å²) in [5.74, 6) is 0. The average Bonchev–Trinajstić information content (AvgIpc) is 3.01. The lowest BCUT2D eigenvalue weighted by atomic mass is 10.2. The second-order valence-electron chi connectivity index (χ2n) is 9.58. The molecule has 2 aliphatic rings. The normalized spacial score (nSPS) is 12.4. The van der Waals surface area contributed by atoms with Crippen molar-refractivity contribution >= 4 is 88.0 Å². The van der Waals surface area contributed by atoms with Gasteiger partial charge in [0.15, 0.2) is 0 Å². The monoisotopic (exact) mass is 674 g/mol. The standard InChI is InChI=1S/C17H17ClN2O2S.C15H15ClN2S.ClH/c1-22-17(21)19-9-4-10-20-13-5-2-3-6-15(13)23-16-8-7-12(18)11-14(16)20;16-11-6-7-15-13(10-11)18(9-3-8-17)12-4-1-2-5-14(12)19-15;/h2-3,5-8,11H,4,9-10H2,1H3,(H,19,21);1-2,4-7,10H,3,8-9,17H2;1H. The molecule has 0 fully saturated rings. The van der Waals surface area contributed by atoms with Gasteiger partial charge in [-0.1, -0.05) is 71.0 Å². The van der Waals surface area contributed by atoms with Crippen LogP contribution in [0.1, 0.15) is 12.8 Å². The number of rotatable bonds is 7. The fourth-order valence-electron chi connectivity index (χ4n) is 4.84. The van der Waals surface area contributed by atoms with Gasteiger partial charge in [0.05, 0.1) is 29.9 Å². The number of nitrogens with one attached hydrogen (secondary N) is 1. The van der Waals surface area contributed by atoms with Crippen LogP contribution in [0, 0.1) is 0 Å². The largest absolute Gasteiger partial charge is 0.453 e. The number of anilines is 4. The minimum absolute atomic E-state index is 0. The van der Waals surface area contributed by atoms with Crippen LogP contribution in [0.3, 0.4) is 0 Å². The number of carbonyl (C=O) groups excluding carboxylic acids is 1. The minimum Gasteiger partial charge on any atom is -0.453 e. The summed E-state index contributed by atoms with van der Waals surface area (Å²) in [5.41, 5.74) is 10.4. The van der Waals surface area contributed by atoms with Crippen LogP contribution in [0.15, 0.2) is 105 Å². The number of halogens is 3. The van der Waals surface area contributed by atoms with Crippen molar-refractivity contribution < 1.29 is 9.53 Å². The van der Waals surface area contributed by atoms with Crippen molar-refractivity contribution in [2.45, 2.75) is 32.4 Å². The van der Waals surface area contributed by atoms with Crippen LogP contribution in [0.4, 0.5) is 27.5 Å². The highest BCUT2D eigenvalue weighted by Gasteiger charge is 2.24. The molecule has 0 radical (unpaired) electrons. The maximum Gasteiger partial charge on any atom is 0.406 e. The van der Waals surface area contributed by atoms with Crippen molar-refractivity contribution in [3.05, 3.63) is 95.0 Å². The van der Waals surface area contributed by atoms with Crippen molar-refractivity contribution in [1.29, 1.82) is 0 Å². The van der Waals surface area contributed by atoms with E-state index in [0.717, 1.165) is 41.7 Å². The van der Waals surface area contributed by atoms with Gasteiger partial charge < -0.3 is 25.6 Å². The molecule has 6 rings (SSSR count). The Balaban J connectivity index is 0.000000195. The summed E-state index contributed by atoms with van der Waals surface area (Å²) in [6.07, 6.45) is 1.37. The third kappa shape index (κ3) is 8.06. The molecule has 1 amide bonds. The van der Waals surface area contributed by atoms with Gasteiger partial charge in [0, 0.05) is 49.3 Å². The molecule has 3 N–H and O–H groups in total. The van der Waals surface area contributed by atoms with Crippen molar-refractivity contribution in [3.63, 3.8) is 0 Å². The fourth-order valence-corrected chi connectivity index (χ4v) is 7.32. The van der Waals surface area contributed by atoms with Crippen LogP contribution >= 0.6 is 59.1 Å². The average molecular weight is 676 g/mol. The number of amides is 1. The molecule has 0 bridgehead atoms. The van der Waals surface area contributed by atoms with Gasteiger partial charge in [0.25, 0.3) is 0 Å². The molecular formula is C32H33Cl3N4O2S2. The molecule has 2 heterocycles. The fraction of sp³-hybridized carbons (Fsp3) is 0.219. The molecule has 0 aromatic heterocycles. The summed E-state index contributed by atoms with van der Waals surface area (Å²) < 4.78 is 4.59. The van der Waals surface area contributed by atoms with E-state index in [4.69, 9.17) is 28.9 Å². The Morgan fingerprint density at radius 2 is 1.21 bits per heavy atom. The van der Waals surface area contributed by atoms with Crippen molar-refractivity contribution in [2.24, 2.45) is 5.73 Å². The van der Waals surface area contributed by atoms with Crippen LogP contribution in [0.25, 0.3) is 0 Å². The SMILES string of the molecule is COC(=O)NCCCN1c2ccccc2Sc2ccc(Cl)cc21.Cl.NCCCN1c2ccccc2Sc2ccc(Cl)cc21. The summed E-state index contributed by atoms with van der Waals surface area (Å²) in [5, 5.41) is 4.21. The number of carbonyl (C=O) groups is 1. The molecule has 0 saturated carbocycles. The smallest absolute Gasteiger partial charge is 0.406 e. The van der Waals surface area contributed by atoms with E-state index >= 15 is 0 Å². The molecule has 4 aromatic rings. The quantitative estimate of drug-likeness (QED) is 0.189. The van der Waals surface area contributed by atoms with Crippen molar-refractivity contribution in [1.82, 2.24) is 5.32 Å². The van der Waals surface area contributed by atoms with E-state index in [-0.39, 0.29) is 12.4 Å². The van der Waals surface area contributed by atoms with Gasteiger partial charge in [-0.05, 0) is 80.1 Å². The first kappa shape index (κ1) is 33.2. The maximum atomic E-state index is 11.1. The van der Waals surface area contributed by atoms with Gasteiger partial charge in [-0.3, -0.25) is 0 Å². The first-order valence-corrected chi connectivity index (χ1v) is 16.1. The maximum absolute atomic E-state index is 11.1. The molecule has 4 aromatic carbocycles. The highest BCUT2D eigenvalue weighted by molar-refractivity contribution is 8.00. The Hall–Kier alpha value is -2.72. The third-order valence-electron chi connectivity index (χ3n) is 6.77. The number of fused-ring (bicyclic) bond motifs is 4. The Bertz CT molecular complexity index is 1560. The third-order valence-corrected chi connectivity index (χ3v) is 9.51. The molecule has 2 aliphatic heterocycles. The summed E-state index contributed by atoms with van der Waals surface area (Å²) in [4.78, 5) is 20.7. The molecule has 0 saturated heterocycles. The van der Waals surface area contributed by atoms with Crippen molar-refractivity contribution in [3.8, 4) is 0 Å². The number of hydrogen-bond acceptors (Lipinski definition) is 7. The summed E-state index contributed by atoms with van der Waals surface area (Å²) >= 11 is 15.9. The predicted molar refractivity (Wildman–Crippen MR) is 184 cm³/mol. The highest BCUT2D eigenvalue weighted by atomic mass is 35.5. The zero-order valence-corrected chi connectivity index (χ0v) is 27.6. The second-order valence-corrected chi connectivity index (χ2v) is 12.6. The summed E-state index contributed by atoms with van der Waals surface area (Å²) in [6.45, 7) is 2.96. The molecule has 226 valence electrons. The summed E-state index contributed by atoms with van der Waals surface area (Å²) in [7, 11) is 1.37. The lowest BCUT2D eigenvalue weighted by Gasteiger charge is -2.33. The summed E-state index contributed by atoms with van der Waals surface area (Å²) in [6, 6.07) is 28.8. The first-order valence-electron chi connectivity index (χ1n) is 13.7. The van der Waals surface area contributed by atoms with Gasteiger partial charge in [-0.15, -0.1) is 12.4 Å². The Labute approximate surface area is 277 Å². The van der Waals surface area contributed by atoms with Crippen LogP contribution in [0.5, 0.6) is 0 Å². The second kappa shape index (κ2) is 15.8. The van der Waals surface area contributed by atoms with E-state index in [0.29, 0.717) is 13.1 Å². The lowest BCUT2D eigenvalue weighted by Crippen LogP contribution is -2.28. The van der Waals surface area contributed by atoms with E-state index in [9.17, 15) is 4.79 Å². The van der Waals surface area contributed by atoms with E-state index in [1.807, 2.05) is 36.4 Å². The van der Waals surface area contributed by atoms with Crippen LogP contribution < -0.4 is 20.9 Å². The number of ether oxygens (including phenoxy) is 1. The van der Waals surface area contributed by atoms with Gasteiger partial charge in [0.2, 0.25) is 0 Å². The van der Waals surface area contributed by atoms with E-state index < -0.39 is 6.09 Å². The molecule has 0 aliphatic carbocycles. The van der Waals surface area contributed by atoms with Crippen molar-refractivity contribution in [2.75, 3.05) is 43.1 Å². The van der Waals surface area contributed by atoms with Gasteiger partial charge >= 0.3 is 6.09 Å². The number of nitrogens with two attached hydrogens (primary N) is 1. The van der Waals surface area contributed by atoms with Crippen LogP contribution in [-0.4, -0.2) is 39.4 Å². The predicted octanol–water partition coefficient (Wildman–Crippen LogP) is 9.40. The Morgan fingerprint density at radius 1 is 0.744 bits per heavy atom. The molecular weight excluding hydrogens is 643 g/mol. The Morgan fingerprint density at radius 3 is 1.70 bits per heavy atom. The number of alkyl carbamates (subject to hydrolysis) is 1. The molecule has 0 unspecified atom stereocenters. The van der Waals surface area contributed by atoms with Gasteiger partial charge in [0.1, 0.15) is 0 Å². The minimum atomic E-state index is -0.400. The number of methoxy groups -OCH3 is 1. The number of hydrogen-bond donors (Lipinski definition) is 2. The van der Waals surface area contributed by atoms with E-state index in [1.165, 1.54) is 43.8 Å². The molecule has 43 heavy (non-hydrogen) atoms. The van der Waals surface area contributed by atoms with Crippen LogP contribution in [0.2, 0.25) is 10.0 Å². The molecule has 0 atom stereocenters. The lowest BCUT2D eigenvalue weighted by molar-refractivity contribution is 0.171. The van der Waals surface area contributed by atoms with Gasteiger partial charge in [-0.2, -0.15) is 0 Å². The number of para-hydroxylation sites is 2. The number of benzene rings is 4. The molecule has 6 nitrogen and oxygen atoms in total.